The summed E-state index contributed by atoms with van der Waals surface area (Å²) < 4.78 is 18.1. The van der Waals surface area contributed by atoms with Crippen molar-refractivity contribution in [1.82, 2.24) is 0 Å². The van der Waals surface area contributed by atoms with E-state index in [4.69, 9.17) is 14.2 Å². The normalized spacial score (nSPS) is 26.0. The fraction of sp³-hybridized carbons (Fsp3) is 0.632. The topological polar surface area (TPSA) is 44.8 Å². The van der Waals surface area contributed by atoms with Gasteiger partial charge in [-0.15, -0.1) is 0 Å². The molecule has 3 atom stereocenters. The van der Waals surface area contributed by atoms with Crippen molar-refractivity contribution < 1.29 is 19.0 Å². The molecule has 1 aliphatic heterocycles. The summed E-state index contributed by atoms with van der Waals surface area (Å²) in [5.41, 5.74) is -0.538. The molecule has 1 unspecified atom stereocenters. The summed E-state index contributed by atoms with van der Waals surface area (Å²) in [6.07, 6.45) is -0.523. The predicted octanol–water partition coefficient (Wildman–Crippen LogP) is 3.08. The molecule has 134 valence electrons. The van der Waals surface area contributed by atoms with Crippen LogP contribution in [-0.4, -0.2) is 44.5 Å². The van der Waals surface area contributed by atoms with Crippen molar-refractivity contribution in [3.05, 3.63) is 30.3 Å². The van der Waals surface area contributed by atoms with Crippen molar-refractivity contribution in [2.24, 2.45) is 0 Å². The van der Waals surface area contributed by atoms with Crippen molar-refractivity contribution in [2.45, 2.75) is 76.4 Å². The van der Waals surface area contributed by atoms with Crippen LogP contribution in [0.25, 0.3) is 0 Å². The van der Waals surface area contributed by atoms with Crippen LogP contribution in [0.15, 0.2) is 30.3 Å². The van der Waals surface area contributed by atoms with E-state index in [2.05, 4.69) is 0 Å². The number of carbonyl (C=O) groups is 1. The molecule has 2 rings (SSSR count). The van der Waals surface area contributed by atoms with Crippen LogP contribution in [0.1, 0.15) is 48.5 Å². The monoisotopic (exact) mass is 400 g/mol. The number of hydrogen-bond donors (Lipinski definition) is 0. The second kappa shape index (κ2) is 6.80. The molecule has 1 aromatic rings. The van der Waals surface area contributed by atoms with Crippen LogP contribution in [-0.2, 0) is 19.0 Å². The second-order valence-electron chi connectivity index (χ2n) is 7.79. The first-order chi connectivity index (χ1) is 10.9. The first kappa shape index (κ1) is 19.5. The van der Waals surface area contributed by atoms with Gasteiger partial charge in [0.15, 0.2) is 0 Å². The van der Waals surface area contributed by atoms with Crippen LogP contribution in [0.4, 0.5) is 0 Å². The molecule has 0 radical (unpaired) electrons. The fourth-order valence-electron chi connectivity index (χ4n) is 2.83. The minimum atomic E-state index is -0.769. The first-order valence-electron chi connectivity index (χ1n) is 8.26. The summed E-state index contributed by atoms with van der Waals surface area (Å²) in [5, 5.41) is 0. The van der Waals surface area contributed by atoms with Gasteiger partial charge >= 0.3 is 151 Å². The summed E-state index contributed by atoms with van der Waals surface area (Å²) in [7, 11) is 0. The molecule has 1 heterocycles. The molecule has 0 saturated carbocycles. The van der Waals surface area contributed by atoms with Crippen molar-refractivity contribution in [3.63, 3.8) is 0 Å². The van der Waals surface area contributed by atoms with E-state index in [1.54, 1.807) is 0 Å². The van der Waals surface area contributed by atoms with E-state index >= 15 is 0 Å². The zero-order chi connectivity index (χ0) is 18.2. The Bertz CT molecular complexity index is 579. The average molecular weight is 399 g/mol. The zero-order valence-electron chi connectivity index (χ0n) is 15.6. The van der Waals surface area contributed by atoms with Gasteiger partial charge in [-0.2, -0.15) is 0 Å². The molecule has 1 fully saturated rings. The number of rotatable bonds is 4. The maximum atomic E-state index is 13.1. The van der Waals surface area contributed by atoms with Crippen LogP contribution in [0.5, 0.6) is 0 Å². The zero-order valence-corrected chi connectivity index (χ0v) is 17.3. The summed E-state index contributed by atoms with van der Waals surface area (Å²) in [4.78, 5) is 13.1. The van der Waals surface area contributed by atoms with Gasteiger partial charge in [0, 0.05) is 0 Å². The Balaban J connectivity index is 2.35. The van der Waals surface area contributed by atoms with Crippen molar-refractivity contribution in [1.29, 1.82) is 0 Å². The van der Waals surface area contributed by atoms with Gasteiger partial charge in [0.25, 0.3) is 0 Å². The molecule has 5 heteroatoms. The number of benzene rings is 1. The van der Waals surface area contributed by atoms with Gasteiger partial charge in [0.2, 0.25) is 0 Å². The average Bonchev–Trinajstić information content (AvgIpc) is 2.71. The van der Waals surface area contributed by atoms with Crippen molar-refractivity contribution >= 4 is 25.4 Å². The first-order valence-corrected chi connectivity index (χ1v) is 9.97. The number of esters is 1. The van der Waals surface area contributed by atoms with Crippen LogP contribution in [0, 0.1) is 0 Å². The Morgan fingerprint density at radius 3 is 2.17 bits per heavy atom. The van der Waals surface area contributed by atoms with Gasteiger partial charge in [-0.05, 0) is 0 Å². The number of hydrogen-bond acceptors (Lipinski definition) is 4. The van der Waals surface area contributed by atoms with E-state index in [-0.39, 0.29) is 33.1 Å². The molecule has 0 spiro atoms. The Kier molecular flexibility index (Phi) is 5.51. The summed E-state index contributed by atoms with van der Waals surface area (Å²) in [6, 6.07) is 10.1. The van der Waals surface area contributed by atoms with Gasteiger partial charge < -0.3 is 0 Å². The third-order valence-electron chi connectivity index (χ3n) is 3.73. The van der Waals surface area contributed by atoms with Crippen LogP contribution >= 0.6 is 0 Å². The molecule has 0 aliphatic carbocycles. The molecule has 1 saturated heterocycles. The minimum absolute atomic E-state index is 0.153. The van der Waals surface area contributed by atoms with E-state index in [1.165, 1.54) is 0 Å². The molecule has 24 heavy (non-hydrogen) atoms. The van der Waals surface area contributed by atoms with E-state index in [1.807, 2.05) is 78.8 Å². The molecule has 4 nitrogen and oxygen atoms in total. The van der Waals surface area contributed by atoms with Gasteiger partial charge in [-0.3, -0.25) is 0 Å². The molecule has 0 aromatic heterocycles. The van der Waals surface area contributed by atoms with Crippen molar-refractivity contribution in [2.75, 3.05) is 0 Å². The molecular formula is C19H28O4Se. The third kappa shape index (κ3) is 4.60. The molecule has 1 aliphatic rings. The summed E-state index contributed by atoms with van der Waals surface area (Å²) >= 11 is -0.153. The maximum absolute atomic E-state index is 13.1. The van der Waals surface area contributed by atoms with E-state index < -0.39 is 15.7 Å². The third-order valence-corrected chi connectivity index (χ3v) is 6.52. The SMILES string of the molecule is C[C@H]1OC(C)(C)O[C@H]1C(C)([Se]c1ccccc1)C(=O)OC(C)(C)C. The van der Waals surface area contributed by atoms with Crippen molar-refractivity contribution in [3.8, 4) is 0 Å². The Labute approximate surface area is 151 Å². The molecular weight excluding hydrogens is 371 g/mol. The molecule has 0 amide bonds. The fourth-order valence-corrected chi connectivity index (χ4v) is 5.48. The van der Waals surface area contributed by atoms with Crippen LogP contribution in [0.3, 0.4) is 0 Å². The van der Waals surface area contributed by atoms with E-state index in [0.29, 0.717) is 0 Å². The van der Waals surface area contributed by atoms with Gasteiger partial charge in [-0.1, -0.05) is 0 Å². The molecule has 0 N–H and O–H groups in total. The summed E-state index contributed by atoms with van der Waals surface area (Å²) in [5.74, 6) is -0.919. The van der Waals surface area contributed by atoms with Gasteiger partial charge in [-0.25, -0.2) is 0 Å². The number of carbonyl (C=O) groups excluding carboxylic acids is 1. The van der Waals surface area contributed by atoms with Gasteiger partial charge in [0.05, 0.1) is 0 Å². The molecule has 0 bridgehead atoms. The second-order valence-corrected chi connectivity index (χ2v) is 11.0. The van der Waals surface area contributed by atoms with E-state index in [0.717, 1.165) is 4.46 Å². The van der Waals surface area contributed by atoms with Crippen LogP contribution in [0.2, 0.25) is 4.31 Å². The standard InChI is InChI=1S/C19H28O4Se/c1-13-15(22-18(5,6)21-13)19(7,16(20)23-17(2,3)4)24-14-11-9-8-10-12-14/h8-13,15H,1-7H3/t13-,15-,19?/m1/s1. The van der Waals surface area contributed by atoms with E-state index in [9.17, 15) is 4.79 Å². The Morgan fingerprint density at radius 2 is 1.71 bits per heavy atom. The number of ether oxygens (including phenoxy) is 3. The summed E-state index contributed by atoms with van der Waals surface area (Å²) in [6.45, 7) is 13.3. The quantitative estimate of drug-likeness (QED) is 0.577. The Hall–Kier alpha value is -0.871. The van der Waals surface area contributed by atoms with Gasteiger partial charge in [0.1, 0.15) is 0 Å². The molecule has 1 aromatic carbocycles. The Morgan fingerprint density at radius 1 is 1.12 bits per heavy atom. The van der Waals surface area contributed by atoms with Crippen LogP contribution < -0.4 is 4.46 Å². The predicted molar refractivity (Wildman–Crippen MR) is 95.5 cm³/mol.